The maximum atomic E-state index is 5.45. The molecule has 3 heteroatoms. The molecule has 0 N–H and O–H groups in total. The Bertz CT molecular complexity index is 241. The van der Waals surface area contributed by atoms with E-state index in [1.807, 2.05) is 7.11 Å². The van der Waals surface area contributed by atoms with E-state index in [1.165, 1.54) is 65.0 Å². The summed E-state index contributed by atoms with van der Waals surface area (Å²) in [5.74, 6) is 1.74. The fourth-order valence-electron chi connectivity index (χ4n) is 3.56. The molecule has 2 heterocycles. The molecule has 2 saturated heterocycles. The second-order valence-electron chi connectivity index (χ2n) is 6.87. The molecule has 0 aromatic carbocycles. The van der Waals surface area contributed by atoms with Crippen LogP contribution in [0, 0.1) is 11.8 Å². The van der Waals surface area contributed by atoms with E-state index in [1.54, 1.807) is 0 Å². The Morgan fingerprint density at radius 3 is 2.05 bits per heavy atom. The molecule has 0 aliphatic carbocycles. The molecule has 19 heavy (non-hydrogen) atoms. The van der Waals surface area contributed by atoms with Crippen LogP contribution in [0.3, 0.4) is 0 Å². The lowest BCUT2D eigenvalue weighted by molar-refractivity contribution is 0.0318. The molecule has 0 radical (unpaired) electrons. The maximum Gasteiger partial charge on any atom is 0.0595 e. The molecule has 0 amide bonds. The van der Waals surface area contributed by atoms with Gasteiger partial charge in [0.05, 0.1) is 6.10 Å². The summed E-state index contributed by atoms with van der Waals surface area (Å²) >= 11 is 0. The molecule has 2 rings (SSSR count). The first-order chi connectivity index (χ1) is 9.17. The lowest BCUT2D eigenvalue weighted by Gasteiger charge is -2.37. The quantitative estimate of drug-likeness (QED) is 0.762. The van der Waals surface area contributed by atoms with Crippen LogP contribution in [0.1, 0.15) is 39.5 Å². The number of ether oxygens (including phenoxy) is 1. The highest BCUT2D eigenvalue weighted by Crippen LogP contribution is 2.21. The molecular formula is C16H32N2O. The molecule has 112 valence electrons. The maximum absolute atomic E-state index is 5.45. The largest absolute Gasteiger partial charge is 0.381 e. The van der Waals surface area contributed by atoms with Crippen LogP contribution in [0.5, 0.6) is 0 Å². The molecule has 0 unspecified atom stereocenters. The third-order valence-corrected chi connectivity index (χ3v) is 4.71. The summed E-state index contributed by atoms with van der Waals surface area (Å²) < 4.78 is 5.45. The molecule has 3 nitrogen and oxygen atoms in total. The summed E-state index contributed by atoms with van der Waals surface area (Å²) in [4.78, 5) is 5.32. The van der Waals surface area contributed by atoms with E-state index < -0.39 is 0 Å². The Kier molecular flexibility index (Phi) is 6.11. The molecular weight excluding hydrogens is 236 g/mol. The number of rotatable bonds is 5. The molecule has 0 atom stereocenters. The summed E-state index contributed by atoms with van der Waals surface area (Å²) in [6.07, 6.45) is 5.77. The zero-order valence-corrected chi connectivity index (χ0v) is 13.1. The van der Waals surface area contributed by atoms with Gasteiger partial charge in [-0.05, 0) is 50.6 Å². The first-order valence-electron chi connectivity index (χ1n) is 8.15. The minimum absolute atomic E-state index is 0.518. The van der Waals surface area contributed by atoms with Gasteiger partial charge in [0.2, 0.25) is 0 Å². The molecule has 2 aliphatic heterocycles. The van der Waals surface area contributed by atoms with E-state index in [9.17, 15) is 0 Å². The number of methoxy groups -OCH3 is 1. The lowest BCUT2D eigenvalue weighted by Crippen LogP contribution is -2.43. The number of piperidine rings is 2. The van der Waals surface area contributed by atoms with Crippen LogP contribution >= 0.6 is 0 Å². The number of nitrogens with zero attached hydrogens (tertiary/aromatic N) is 2. The third-order valence-electron chi connectivity index (χ3n) is 4.71. The summed E-state index contributed by atoms with van der Waals surface area (Å²) in [5.41, 5.74) is 0. The van der Waals surface area contributed by atoms with Crippen LogP contribution in [-0.4, -0.2) is 62.3 Å². The van der Waals surface area contributed by atoms with Gasteiger partial charge in [-0.25, -0.2) is 0 Å². The fraction of sp³-hybridized carbons (Fsp3) is 1.00. The Hall–Kier alpha value is -0.120. The van der Waals surface area contributed by atoms with Crippen molar-refractivity contribution in [2.75, 3.05) is 46.4 Å². The Morgan fingerprint density at radius 2 is 1.53 bits per heavy atom. The standard InChI is InChI=1S/C16H32N2O/c1-14(2)12-17-8-4-15(5-9-17)13-18-10-6-16(19-3)7-11-18/h14-16H,4-13H2,1-3H3. The molecule has 0 aromatic heterocycles. The van der Waals surface area contributed by atoms with Gasteiger partial charge in [0.15, 0.2) is 0 Å². The lowest BCUT2D eigenvalue weighted by atomic mass is 9.94. The number of hydrogen-bond donors (Lipinski definition) is 0. The van der Waals surface area contributed by atoms with Crippen molar-refractivity contribution in [2.24, 2.45) is 11.8 Å². The van der Waals surface area contributed by atoms with Gasteiger partial charge in [0.1, 0.15) is 0 Å². The van der Waals surface area contributed by atoms with Gasteiger partial charge in [-0.2, -0.15) is 0 Å². The average molecular weight is 268 g/mol. The van der Waals surface area contributed by atoms with Crippen LogP contribution in [0.15, 0.2) is 0 Å². The van der Waals surface area contributed by atoms with Gasteiger partial charge in [-0.1, -0.05) is 13.8 Å². The molecule has 0 bridgehead atoms. The normalized spacial score (nSPS) is 25.3. The van der Waals surface area contributed by atoms with Gasteiger partial charge in [-0.15, -0.1) is 0 Å². The molecule has 0 aromatic rings. The highest BCUT2D eigenvalue weighted by atomic mass is 16.5. The Labute approximate surface area is 119 Å². The summed E-state index contributed by atoms with van der Waals surface area (Å²) in [5, 5.41) is 0. The van der Waals surface area contributed by atoms with Crippen molar-refractivity contribution < 1.29 is 4.74 Å². The first-order valence-corrected chi connectivity index (χ1v) is 8.15. The average Bonchev–Trinajstić information content (AvgIpc) is 2.41. The smallest absolute Gasteiger partial charge is 0.0595 e. The van der Waals surface area contributed by atoms with Crippen molar-refractivity contribution in [1.29, 1.82) is 0 Å². The highest BCUT2D eigenvalue weighted by molar-refractivity contribution is 4.78. The SMILES string of the molecule is COC1CCN(CC2CCN(CC(C)C)CC2)CC1. The second-order valence-corrected chi connectivity index (χ2v) is 6.87. The van der Waals surface area contributed by atoms with Crippen LogP contribution in [0.2, 0.25) is 0 Å². The molecule has 0 spiro atoms. The minimum atomic E-state index is 0.518. The monoisotopic (exact) mass is 268 g/mol. The van der Waals surface area contributed by atoms with Gasteiger partial charge in [-0.3, -0.25) is 0 Å². The van der Waals surface area contributed by atoms with E-state index in [0.29, 0.717) is 6.10 Å². The summed E-state index contributed by atoms with van der Waals surface area (Å²) in [7, 11) is 1.85. The molecule has 2 fully saturated rings. The van der Waals surface area contributed by atoms with Crippen molar-refractivity contribution in [2.45, 2.75) is 45.6 Å². The predicted octanol–water partition coefficient (Wildman–Crippen LogP) is 2.47. The van der Waals surface area contributed by atoms with E-state index in [-0.39, 0.29) is 0 Å². The van der Waals surface area contributed by atoms with Crippen molar-refractivity contribution in [3.63, 3.8) is 0 Å². The molecule has 2 aliphatic rings. The van der Waals surface area contributed by atoms with Gasteiger partial charge in [0.25, 0.3) is 0 Å². The Balaban J connectivity index is 1.63. The summed E-state index contributed by atoms with van der Waals surface area (Å²) in [6.45, 7) is 12.4. The Morgan fingerprint density at radius 1 is 0.947 bits per heavy atom. The summed E-state index contributed by atoms with van der Waals surface area (Å²) in [6, 6.07) is 0. The van der Waals surface area contributed by atoms with E-state index >= 15 is 0 Å². The van der Waals surface area contributed by atoms with Crippen LogP contribution in [0.25, 0.3) is 0 Å². The van der Waals surface area contributed by atoms with Crippen LogP contribution in [-0.2, 0) is 4.74 Å². The topological polar surface area (TPSA) is 15.7 Å². The first kappa shape index (κ1) is 15.3. The zero-order chi connectivity index (χ0) is 13.7. The van der Waals surface area contributed by atoms with Crippen molar-refractivity contribution >= 4 is 0 Å². The van der Waals surface area contributed by atoms with Gasteiger partial charge in [0, 0.05) is 33.3 Å². The number of hydrogen-bond acceptors (Lipinski definition) is 3. The van der Waals surface area contributed by atoms with Crippen LogP contribution < -0.4 is 0 Å². The fourth-order valence-corrected chi connectivity index (χ4v) is 3.56. The minimum Gasteiger partial charge on any atom is -0.381 e. The zero-order valence-electron chi connectivity index (χ0n) is 13.1. The second kappa shape index (κ2) is 7.61. The van der Waals surface area contributed by atoms with Crippen molar-refractivity contribution in [3.8, 4) is 0 Å². The van der Waals surface area contributed by atoms with E-state index in [0.717, 1.165) is 11.8 Å². The third kappa shape index (κ3) is 5.05. The highest BCUT2D eigenvalue weighted by Gasteiger charge is 2.24. The van der Waals surface area contributed by atoms with Crippen LogP contribution in [0.4, 0.5) is 0 Å². The van der Waals surface area contributed by atoms with E-state index in [2.05, 4.69) is 23.6 Å². The predicted molar refractivity (Wildman–Crippen MR) is 80.5 cm³/mol. The van der Waals surface area contributed by atoms with Crippen molar-refractivity contribution in [3.05, 3.63) is 0 Å². The number of likely N-dealkylation sites (tertiary alicyclic amines) is 2. The van der Waals surface area contributed by atoms with E-state index in [4.69, 9.17) is 4.74 Å². The molecule has 0 saturated carbocycles. The van der Waals surface area contributed by atoms with Crippen molar-refractivity contribution in [1.82, 2.24) is 9.80 Å². The van der Waals surface area contributed by atoms with Gasteiger partial charge < -0.3 is 14.5 Å². The van der Waals surface area contributed by atoms with Gasteiger partial charge >= 0.3 is 0 Å².